The molecule has 1 N–H and O–H groups in total. The highest BCUT2D eigenvalue weighted by molar-refractivity contribution is 5.87. The molecule has 0 aliphatic heterocycles. The second kappa shape index (κ2) is 8.16. The standard InChI is InChI=1S/C21H29NO/c1-5-13-21(2,3)16-22-14-7-10-17-8-6-9-18-15-19(23-4)11-12-20(17)18/h5-6,8-9,11-12,15,22H,1,7,10,13-14,16H2,2-4H3. The Bertz CT molecular complexity index is 645. The van der Waals surface area contributed by atoms with E-state index in [1.165, 1.54) is 16.3 Å². The SMILES string of the molecule is C=CCC(C)(C)CNCCCc1cccc2cc(OC)ccc12. The lowest BCUT2D eigenvalue weighted by Crippen LogP contribution is -2.29. The first-order chi connectivity index (χ1) is 11.1. The van der Waals surface area contributed by atoms with Crippen LogP contribution in [0.1, 0.15) is 32.3 Å². The Kier molecular flexibility index (Phi) is 6.23. The maximum absolute atomic E-state index is 5.31. The van der Waals surface area contributed by atoms with Gasteiger partial charge >= 0.3 is 0 Å². The predicted octanol–water partition coefficient (Wildman–Crippen LogP) is 4.97. The van der Waals surface area contributed by atoms with Gasteiger partial charge in [0.25, 0.3) is 0 Å². The molecule has 2 heteroatoms. The van der Waals surface area contributed by atoms with Crippen molar-refractivity contribution >= 4 is 10.8 Å². The van der Waals surface area contributed by atoms with Crippen molar-refractivity contribution in [3.63, 3.8) is 0 Å². The fraction of sp³-hybridized carbons (Fsp3) is 0.429. The van der Waals surface area contributed by atoms with Gasteiger partial charge in [0.1, 0.15) is 5.75 Å². The molecule has 2 aromatic rings. The van der Waals surface area contributed by atoms with E-state index in [1.54, 1.807) is 7.11 Å². The topological polar surface area (TPSA) is 21.3 Å². The summed E-state index contributed by atoms with van der Waals surface area (Å²) >= 11 is 0. The van der Waals surface area contributed by atoms with E-state index in [1.807, 2.05) is 12.1 Å². The Morgan fingerprint density at radius 3 is 2.78 bits per heavy atom. The molecule has 2 aromatic carbocycles. The van der Waals surface area contributed by atoms with Crippen molar-refractivity contribution in [3.05, 3.63) is 54.6 Å². The molecule has 0 aliphatic carbocycles. The van der Waals surface area contributed by atoms with Gasteiger partial charge in [0.15, 0.2) is 0 Å². The van der Waals surface area contributed by atoms with E-state index in [-0.39, 0.29) is 5.41 Å². The molecule has 0 aromatic heterocycles. The molecule has 0 heterocycles. The van der Waals surface area contributed by atoms with E-state index in [4.69, 9.17) is 4.74 Å². The van der Waals surface area contributed by atoms with Crippen molar-refractivity contribution in [1.82, 2.24) is 5.32 Å². The number of allylic oxidation sites excluding steroid dienone is 1. The van der Waals surface area contributed by atoms with Crippen molar-refractivity contribution in [3.8, 4) is 5.75 Å². The highest BCUT2D eigenvalue weighted by Gasteiger charge is 2.14. The van der Waals surface area contributed by atoms with Gasteiger partial charge in [-0.2, -0.15) is 0 Å². The maximum Gasteiger partial charge on any atom is 0.119 e. The normalized spacial score (nSPS) is 11.6. The van der Waals surface area contributed by atoms with E-state index in [0.717, 1.165) is 38.1 Å². The van der Waals surface area contributed by atoms with Crippen LogP contribution >= 0.6 is 0 Å². The van der Waals surface area contributed by atoms with Gasteiger partial charge in [-0.05, 0) is 59.7 Å². The van der Waals surface area contributed by atoms with Crippen molar-refractivity contribution in [2.45, 2.75) is 33.1 Å². The van der Waals surface area contributed by atoms with Gasteiger partial charge in [0, 0.05) is 6.54 Å². The van der Waals surface area contributed by atoms with Gasteiger partial charge in [0.05, 0.1) is 7.11 Å². The average Bonchev–Trinajstić information content (AvgIpc) is 2.54. The summed E-state index contributed by atoms with van der Waals surface area (Å²) in [7, 11) is 1.71. The van der Waals surface area contributed by atoms with Crippen molar-refractivity contribution in [2.75, 3.05) is 20.2 Å². The van der Waals surface area contributed by atoms with Crippen LogP contribution < -0.4 is 10.1 Å². The van der Waals surface area contributed by atoms with E-state index in [2.05, 4.69) is 56.1 Å². The summed E-state index contributed by atoms with van der Waals surface area (Å²) < 4.78 is 5.31. The molecule has 0 saturated carbocycles. The minimum Gasteiger partial charge on any atom is -0.497 e. The first-order valence-corrected chi connectivity index (χ1v) is 8.43. The Morgan fingerprint density at radius 2 is 2.04 bits per heavy atom. The zero-order chi connectivity index (χ0) is 16.7. The van der Waals surface area contributed by atoms with Crippen molar-refractivity contribution in [2.24, 2.45) is 5.41 Å². The van der Waals surface area contributed by atoms with Crippen LogP contribution in [0.25, 0.3) is 10.8 Å². The summed E-state index contributed by atoms with van der Waals surface area (Å²) in [6.45, 7) is 10.5. The Hall–Kier alpha value is -1.80. The van der Waals surface area contributed by atoms with E-state index in [9.17, 15) is 0 Å². The molecule has 0 aliphatic rings. The second-order valence-corrected chi connectivity index (χ2v) is 6.94. The number of methoxy groups -OCH3 is 1. The van der Waals surface area contributed by atoms with Crippen molar-refractivity contribution < 1.29 is 4.74 Å². The van der Waals surface area contributed by atoms with E-state index < -0.39 is 0 Å². The third-order valence-electron chi connectivity index (χ3n) is 4.28. The maximum atomic E-state index is 5.31. The number of fused-ring (bicyclic) bond motifs is 1. The molecule has 23 heavy (non-hydrogen) atoms. The van der Waals surface area contributed by atoms with E-state index in [0.29, 0.717) is 0 Å². The van der Waals surface area contributed by atoms with E-state index >= 15 is 0 Å². The fourth-order valence-electron chi connectivity index (χ4n) is 2.97. The van der Waals surface area contributed by atoms with Crippen LogP contribution in [0.15, 0.2) is 49.1 Å². The first kappa shape index (κ1) is 17.6. The smallest absolute Gasteiger partial charge is 0.119 e. The van der Waals surface area contributed by atoms with Gasteiger partial charge in [0.2, 0.25) is 0 Å². The zero-order valence-corrected chi connectivity index (χ0v) is 14.7. The molecule has 0 unspecified atom stereocenters. The molecular formula is C21H29NO. The summed E-state index contributed by atoms with van der Waals surface area (Å²) in [6.07, 6.45) is 5.30. The molecular weight excluding hydrogens is 282 g/mol. The Balaban J connectivity index is 1.89. The Labute approximate surface area is 140 Å². The highest BCUT2D eigenvalue weighted by Crippen LogP contribution is 2.24. The van der Waals surface area contributed by atoms with Crippen LogP contribution in [0.2, 0.25) is 0 Å². The molecule has 0 radical (unpaired) electrons. The van der Waals surface area contributed by atoms with Crippen LogP contribution in [-0.2, 0) is 6.42 Å². The van der Waals surface area contributed by atoms with Crippen LogP contribution in [0.5, 0.6) is 5.75 Å². The lowest BCUT2D eigenvalue weighted by Gasteiger charge is -2.23. The summed E-state index contributed by atoms with van der Waals surface area (Å²) in [4.78, 5) is 0. The summed E-state index contributed by atoms with van der Waals surface area (Å²) in [5.41, 5.74) is 1.70. The minimum atomic E-state index is 0.289. The van der Waals surface area contributed by atoms with Gasteiger partial charge in [-0.3, -0.25) is 0 Å². The van der Waals surface area contributed by atoms with Gasteiger partial charge in [-0.1, -0.05) is 44.2 Å². The molecule has 0 amide bonds. The summed E-state index contributed by atoms with van der Waals surface area (Å²) in [5, 5.41) is 6.16. The average molecular weight is 311 g/mol. The summed E-state index contributed by atoms with van der Waals surface area (Å²) in [5.74, 6) is 0.917. The van der Waals surface area contributed by atoms with Crippen LogP contribution in [0, 0.1) is 5.41 Å². The molecule has 0 saturated heterocycles. The first-order valence-electron chi connectivity index (χ1n) is 8.43. The van der Waals surface area contributed by atoms with Crippen molar-refractivity contribution in [1.29, 1.82) is 0 Å². The van der Waals surface area contributed by atoms with Crippen LogP contribution in [0.3, 0.4) is 0 Å². The van der Waals surface area contributed by atoms with Gasteiger partial charge in [-0.25, -0.2) is 0 Å². The zero-order valence-electron chi connectivity index (χ0n) is 14.7. The number of aryl methyl sites for hydroxylation is 1. The molecule has 2 nitrogen and oxygen atoms in total. The number of rotatable bonds is 9. The molecule has 0 bridgehead atoms. The number of nitrogens with one attached hydrogen (secondary N) is 1. The largest absolute Gasteiger partial charge is 0.497 e. The second-order valence-electron chi connectivity index (χ2n) is 6.94. The number of hydrogen-bond acceptors (Lipinski definition) is 2. The third-order valence-corrected chi connectivity index (χ3v) is 4.28. The summed E-state index contributed by atoms with van der Waals surface area (Å²) in [6, 6.07) is 12.8. The number of benzene rings is 2. The monoisotopic (exact) mass is 311 g/mol. The fourth-order valence-corrected chi connectivity index (χ4v) is 2.97. The highest BCUT2D eigenvalue weighted by atomic mass is 16.5. The quantitative estimate of drug-likeness (QED) is 0.521. The molecule has 2 rings (SSSR count). The molecule has 0 atom stereocenters. The molecule has 0 fully saturated rings. The minimum absolute atomic E-state index is 0.289. The number of hydrogen-bond donors (Lipinski definition) is 1. The van der Waals surface area contributed by atoms with Crippen LogP contribution in [0.4, 0.5) is 0 Å². The molecule has 124 valence electrons. The van der Waals surface area contributed by atoms with Gasteiger partial charge < -0.3 is 10.1 Å². The van der Waals surface area contributed by atoms with Gasteiger partial charge in [-0.15, -0.1) is 6.58 Å². The lowest BCUT2D eigenvalue weighted by atomic mass is 9.89. The van der Waals surface area contributed by atoms with Crippen LogP contribution in [-0.4, -0.2) is 20.2 Å². The lowest BCUT2D eigenvalue weighted by molar-refractivity contribution is 0.345. The Morgan fingerprint density at radius 1 is 1.22 bits per heavy atom. The third kappa shape index (κ3) is 5.11. The number of ether oxygens (including phenoxy) is 1. The predicted molar refractivity (Wildman–Crippen MR) is 100 cm³/mol. The molecule has 0 spiro atoms.